The number of halogens is 1. The first kappa shape index (κ1) is 12.7. The van der Waals surface area contributed by atoms with Crippen LogP contribution in [0.4, 0.5) is 0 Å². The molecule has 1 aromatic rings. The second-order valence-corrected chi connectivity index (χ2v) is 3.80. The van der Waals surface area contributed by atoms with Crippen LogP contribution in [-0.4, -0.2) is 19.6 Å². The summed E-state index contributed by atoms with van der Waals surface area (Å²) >= 11 is 5.63. The Morgan fingerprint density at radius 2 is 2.19 bits per heavy atom. The van der Waals surface area contributed by atoms with Crippen LogP contribution >= 0.6 is 11.6 Å². The van der Waals surface area contributed by atoms with Crippen LogP contribution in [0.15, 0.2) is 35.9 Å². The van der Waals surface area contributed by atoms with Gasteiger partial charge in [0.25, 0.3) is 0 Å². The molecule has 0 aliphatic carbocycles. The normalized spacial score (nSPS) is 9.88. The zero-order valence-electron chi connectivity index (χ0n) is 9.13. The van der Waals surface area contributed by atoms with Gasteiger partial charge in [-0.15, -0.1) is 0 Å². The lowest BCUT2D eigenvalue weighted by molar-refractivity contribution is 0.0599. The van der Waals surface area contributed by atoms with Gasteiger partial charge in [-0.25, -0.2) is 4.79 Å². The van der Waals surface area contributed by atoms with Crippen LogP contribution in [0.1, 0.15) is 15.9 Å². The van der Waals surface area contributed by atoms with E-state index in [9.17, 15) is 4.79 Å². The molecule has 0 saturated heterocycles. The van der Waals surface area contributed by atoms with Crippen LogP contribution in [0.5, 0.6) is 0 Å². The summed E-state index contributed by atoms with van der Waals surface area (Å²) in [4.78, 5) is 11.4. The Bertz CT molecular complexity index is 390. The lowest BCUT2D eigenvalue weighted by Gasteiger charge is -2.08. The number of carbonyl (C=O) groups is 1. The molecule has 1 rings (SSSR count). The second kappa shape index (κ2) is 6.30. The molecule has 0 aliphatic heterocycles. The molecule has 0 radical (unpaired) electrons. The number of ether oxygens (including phenoxy) is 1. The topological polar surface area (TPSA) is 38.3 Å². The average Bonchev–Trinajstić information content (AvgIpc) is 2.28. The van der Waals surface area contributed by atoms with Gasteiger partial charge in [0, 0.05) is 18.1 Å². The van der Waals surface area contributed by atoms with Crippen LogP contribution in [0.3, 0.4) is 0 Å². The van der Waals surface area contributed by atoms with Gasteiger partial charge < -0.3 is 10.1 Å². The van der Waals surface area contributed by atoms with Crippen LogP contribution in [-0.2, 0) is 11.3 Å². The van der Waals surface area contributed by atoms with E-state index < -0.39 is 0 Å². The zero-order valence-corrected chi connectivity index (χ0v) is 9.88. The molecule has 0 aliphatic rings. The quantitative estimate of drug-likeness (QED) is 0.802. The summed E-state index contributed by atoms with van der Waals surface area (Å²) in [6.07, 6.45) is 0. The van der Waals surface area contributed by atoms with Crippen molar-refractivity contribution in [1.82, 2.24) is 5.32 Å². The number of hydrogen-bond donors (Lipinski definition) is 1. The zero-order chi connectivity index (χ0) is 12.0. The molecular weight excluding hydrogens is 226 g/mol. The van der Waals surface area contributed by atoms with Crippen molar-refractivity contribution in [3.05, 3.63) is 47.0 Å². The third kappa shape index (κ3) is 3.68. The van der Waals surface area contributed by atoms with Crippen molar-refractivity contribution in [2.75, 3.05) is 13.7 Å². The highest BCUT2D eigenvalue weighted by atomic mass is 35.5. The lowest BCUT2D eigenvalue weighted by Crippen LogP contribution is -2.17. The van der Waals surface area contributed by atoms with Crippen molar-refractivity contribution in [2.24, 2.45) is 0 Å². The smallest absolute Gasteiger partial charge is 0.338 e. The van der Waals surface area contributed by atoms with Crippen molar-refractivity contribution < 1.29 is 9.53 Å². The van der Waals surface area contributed by atoms with Gasteiger partial charge in [-0.3, -0.25) is 0 Å². The fraction of sp³-hybridized carbons (Fsp3) is 0.250. The molecule has 3 nitrogen and oxygen atoms in total. The summed E-state index contributed by atoms with van der Waals surface area (Å²) in [7, 11) is 1.37. The molecule has 0 fully saturated rings. The largest absolute Gasteiger partial charge is 0.465 e. The molecule has 1 aromatic carbocycles. The Balaban J connectivity index is 2.71. The molecule has 16 heavy (non-hydrogen) atoms. The molecular formula is C12H14ClNO2. The molecule has 1 N–H and O–H groups in total. The Labute approximate surface area is 100 Å². The Hall–Kier alpha value is -1.32. The Kier molecular flexibility index (Phi) is 5.02. The average molecular weight is 240 g/mol. The predicted octanol–water partition coefficient (Wildman–Crippen LogP) is 2.32. The molecule has 0 unspecified atom stereocenters. The van der Waals surface area contributed by atoms with E-state index in [0.29, 0.717) is 23.7 Å². The van der Waals surface area contributed by atoms with Gasteiger partial charge in [0.1, 0.15) is 0 Å². The predicted molar refractivity (Wildman–Crippen MR) is 64.5 cm³/mol. The molecule has 0 saturated carbocycles. The van der Waals surface area contributed by atoms with Crippen LogP contribution in [0.25, 0.3) is 0 Å². The number of rotatable bonds is 5. The highest BCUT2D eigenvalue weighted by Crippen LogP contribution is 2.10. The summed E-state index contributed by atoms with van der Waals surface area (Å²) in [6, 6.07) is 7.28. The molecule has 0 heterocycles. The van der Waals surface area contributed by atoms with Gasteiger partial charge in [0.2, 0.25) is 0 Å². The maximum atomic E-state index is 11.4. The molecule has 86 valence electrons. The van der Waals surface area contributed by atoms with Gasteiger partial charge >= 0.3 is 5.97 Å². The van der Waals surface area contributed by atoms with Crippen LogP contribution in [0, 0.1) is 0 Å². The molecule has 0 atom stereocenters. The highest BCUT2D eigenvalue weighted by molar-refractivity contribution is 6.29. The van der Waals surface area contributed by atoms with Crippen molar-refractivity contribution in [1.29, 1.82) is 0 Å². The first-order chi connectivity index (χ1) is 7.65. The van der Waals surface area contributed by atoms with Crippen molar-refractivity contribution in [3.8, 4) is 0 Å². The molecule has 4 heteroatoms. The van der Waals surface area contributed by atoms with E-state index in [0.717, 1.165) is 5.56 Å². The van der Waals surface area contributed by atoms with E-state index in [1.54, 1.807) is 12.1 Å². The van der Waals surface area contributed by atoms with E-state index in [2.05, 4.69) is 11.9 Å². The van der Waals surface area contributed by atoms with Crippen molar-refractivity contribution >= 4 is 17.6 Å². The minimum atomic E-state index is -0.331. The first-order valence-corrected chi connectivity index (χ1v) is 5.23. The van der Waals surface area contributed by atoms with E-state index in [1.807, 2.05) is 12.1 Å². The Morgan fingerprint density at radius 3 is 2.81 bits per heavy atom. The summed E-state index contributed by atoms with van der Waals surface area (Å²) < 4.78 is 4.69. The summed E-state index contributed by atoms with van der Waals surface area (Å²) in [6.45, 7) is 4.63. The van der Waals surface area contributed by atoms with Crippen molar-refractivity contribution in [3.63, 3.8) is 0 Å². The number of carbonyl (C=O) groups excluding carboxylic acids is 1. The second-order valence-electron chi connectivity index (χ2n) is 3.27. The molecule has 0 aromatic heterocycles. The Morgan fingerprint density at radius 1 is 1.50 bits per heavy atom. The van der Waals surface area contributed by atoms with Gasteiger partial charge in [-0.05, 0) is 11.6 Å². The summed E-state index contributed by atoms with van der Waals surface area (Å²) in [5, 5.41) is 3.62. The standard InChI is InChI=1S/C12H14ClNO2/c1-9(13)7-14-8-10-5-3-4-6-11(10)12(15)16-2/h3-6,14H,1,7-8H2,2H3. The van der Waals surface area contributed by atoms with E-state index >= 15 is 0 Å². The van der Waals surface area contributed by atoms with E-state index in [-0.39, 0.29) is 5.97 Å². The van der Waals surface area contributed by atoms with Crippen LogP contribution < -0.4 is 5.32 Å². The van der Waals surface area contributed by atoms with Crippen molar-refractivity contribution in [2.45, 2.75) is 6.54 Å². The molecule has 0 spiro atoms. The van der Waals surface area contributed by atoms with Gasteiger partial charge in [0.05, 0.1) is 12.7 Å². The number of methoxy groups -OCH3 is 1. The number of nitrogens with one attached hydrogen (secondary N) is 1. The van der Waals surface area contributed by atoms with Gasteiger partial charge in [-0.2, -0.15) is 0 Å². The fourth-order valence-corrected chi connectivity index (χ4v) is 1.41. The number of esters is 1. The van der Waals surface area contributed by atoms with Gasteiger partial charge in [0.15, 0.2) is 0 Å². The third-order valence-corrected chi connectivity index (χ3v) is 2.19. The highest BCUT2D eigenvalue weighted by Gasteiger charge is 2.09. The number of hydrogen-bond acceptors (Lipinski definition) is 3. The third-order valence-electron chi connectivity index (χ3n) is 2.05. The minimum Gasteiger partial charge on any atom is -0.465 e. The minimum absolute atomic E-state index is 0.331. The summed E-state index contributed by atoms with van der Waals surface area (Å²) in [5.41, 5.74) is 1.45. The molecule has 0 bridgehead atoms. The maximum Gasteiger partial charge on any atom is 0.338 e. The van der Waals surface area contributed by atoms with Crippen LogP contribution in [0.2, 0.25) is 0 Å². The molecule has 0 amide bonds. The maximum absolute atomic E-state index is 11.4. The SMILES string of the molecule is C=C(Cl)CNCc1ccccc1C(=O)OC. The summed E-state index contributed by atoms with van der Waals surface area (Å²) in [5.74, 6) is -0.331. The fourth-order valence-electron chi connectivity index (χ4n) is 1.32. The van der Waals surface area contributed by atoms with Gasteiger partial charge in [-0.1, -0.05) is 36.4 Å². The van der Waals surface area contributed by atoms with E-state index in [4.69, 9.17) is 16.3 Å². The number of benzene rings is 1. The first-order valence-electron chi connectivity index (χ1n) is 4.85. The van der Waals surface area contributed by atoms with E-state index in [1.165, 1.54) is 7.11 Å². The lowest BCUT2D eigenvalue weighted by atomic mass is 10.1. The monoisotopic (exact) mass is 239 g/mol.